The van der Waals surface area contributed by atoms with Gasteiger partial charge in [-0.05, 0) is 38.9 Å². The Morgan fingerprint density at radius 2 is 1.00 bits per heavy atom. The van der Waals surface area contributed by atoms with E-state index in [1.165, 1.54) is 27.1 Å². The first-order valence-corrected chi connectivity index (χ1v) is 10.1. The molecule has 0 aliphatic heterocycles. The molecule has 0 atom stereocenters. The van der Waals surface area contributed by atoms with Crippen molar-refractivity contribution in [1.82, 2.24) is 0 Å². The highest BCUT2D eigenvalue weighted by molar-refractivity contribution is 6.31. The third-order valence-electron chi connectivity index (χ3n) is 6.15. The molecule has 0 amide bonds. The highest BCUT2D eigenvalue weighted by Crippen LogP contribution is 2.48. The van der Waals surface area contributed by atoms with Crippen LogP contribution in [0, 0.1) is 0 Å². The molecule has 4 N–H and O–H groups in total. The molecule has 142 valence electrons. The first kappa shape index (κ1) is 16.9. The van der Waals surface area contributed by atoms with Crippen LogP contribution in [0.1, 0.15) is 0 Å². The van der Waals surface area contributed by atoms with Gasteiger partial charge in [0.1, 0.15) is 0 Å². The summed E-state index contributed by atoms with van der Waals surface area (Å²) in [4.78, 5) is 0. The Morgan fingerprint density at radius 1 is 0.433 bits per heavy atom. The zero-order chi connectivity index (χ0) is 20.2. The molecule has 0 aliphatic carbocycles. The Labute approximate surface area is 174 Å². The number of benzene rings is 6. The van der Waals surface area contributed by atoms with Crippen LogP contribution in [0.3, 0.4) is 0 Å². The minimum Gasteiger partial charge on any atom is -0.398 e. The lowest BCUT2D eigenvalue weighted by Crippen LogP contribution is -1.99. The van der Waals surface area contributed by atoms with Crippen molar-refractivity contribution < 1.29 is 0 Å². The predicted octanol–water partition coefficient (Wildman–Crippen LogP) is 7.08. The number of nitrogens with two attached hydrogens (primary N) is 2. The van der Waals surface area contributed by atoms with E-state index in [0.717, 1.165) is 38.8 Å². The van der Waals surface area contributed by atoms with E-state index in [-0.39, 0.29) is 0 Å². The number of anilines is 2. The van der Waals surface area contributed by atoms with Crippen LogP contribution < -0.4 is 11.5 Å². The minimum atomic E-state index is 0.795. The molecule has 0 radical (unpaired) electrons. The van der Waals surface area contributed by atoms with Gasteiger partial charge >= 0.3 is 0 Å². The van der Waals surface area contributed by atoms with Gasteiger partial charge in [-0.2, -0.15) is 0 Å². The molecule has 0 aromatic heterocycles. The van der Waals surface area contributed by atoms with Crippen LogP contribution in [0.25, 0.3) is 54.6 Å². The van der Waals surface area contributed by atoms with Crippen molar-refractivity contribution in [2.24, 2.45) is 0 Å². The van der Waals surface area contributed by atoms with Crippen molar-refractivity contribution in [3.63, 3.8) is 0 Å². The van der Waals surface area contributed by atoms with Gasteiger partial charge in [0, 0.05) is 33.1 Å². The van der Waals surface area contributed by atoms with Gasteiger partial charge in [0.15, 0.2) is 0 Å². The first-order valence-electron chi connectivity index (χ1n) is 10.1. The van der Waals surface area contributed by atoms with Gasteiger partial charge in [-0.1, -0.05) is 91.0 Å². The Hall–Kier alpha value is -4.04. The van der Waals surface area contributed by atoms with E-state index in [9.17, 15) is 0 Å². The summed E-state index contributed by atoms with van der Waals surface area (Å²) in [6.07, 6.45) is 0. The summed E-state index contributed by atoms with van der Waals surface area (Å²) in [5.41, 5.74) is 19.4. The molecular formula is C28H20N2. The van der Waals surface area contributed by atoms with Crippen LogP contribution in [0.4, 0.5) is 11.4 Å². The van der Waals surface area contributed by atoms with Crippen LogP contribution in [0.2, 0.25) is 0 Å². The lowest BCUT2D eigenvalue weighted by Gasteiger charge is -2.21. The average Bonchev–Trinajstić information content (AvgIpc) is 2.80. The van der Waals surface area contributed by atoms with Crippen molar-refractivity contribution in [2.45, 2.75) is 0 Å². The van der Waals surface area contributed by atoms with Gasteiger partial charge in [-0.3, -0.25) is 0 Å². The van der Waals surface area contributed by atoms with E-state index in [0.29, 0.717) is 0 Å². The van der Waals surface area contributed by atoms with Crippen LogP contribution in [-0.2, 0) is 0 Å². The molecule has 2 heteroatoms. The maximum Gasteiger partial charge on any atom is 0.0480 e. The maximum atomic E-state index is 6.91. The molecule has 30 heavy (non-hydrogen) atoms. The van der Waals surface area contributed by atoms with Crippen molar-refractivity contribution in [2.75, 3.05) is 11.5 Å². The molecule has 0 unspecified atom stereocenters. The van der Waals surface area contributed by atoms with E-state index in [1.807, 2.05) is 18.2 Å². The van der Waals surface area contributed by atoms with Gasteiger partial charge in [0.05, 0.1) is 0 Å². The van der Waals surface area contributed by atoms with Crippen LogP contribution in [0.5, 0.6) is 0 Å². The normalized spacial score (nSPS) is 11.6. The van der Waals surface area contributed by atoms with Gasteiger partial charge in [0.25, 0.3) is 0 Å². The Kier molecular flexibility index (Phi) is 3.50. The van der Waals surface area contributed by atoms with E-state index in [2.05, 4.69) is 78.9 Å². The summed E-state index contributed by atoms with van der Waals surface area (Å²) in [5, 5.41) is 6.92. The van der Waals surface area contributed by atoms with Crippen LogP contribution >= 0.6 is 0 Å². The Bertz CT molecular complexity index is 1530. The first-order chi connectivity index (χ1) is 14.7. The second-order valence-corrected chi connectivity index (χ2v) is 7.80. The topological polar surface area (TPSA) is 52.0 Å². The summed E-state index contributed by atoms with van der Waals surface area (Å²) < 4.78 is 0. The van der Waals surface area contributed by atoms with Gasteiger partial charge < -0.3 is 11.5 Å². The monoisotopic (exact) mass is 384 g/mol. The molecule has 0 saturated carbocycles. The van der Waals surface area contributed by atoms with Gasteiger partial charge in [-0.25, -0.2) is 0 Å². The van der Waals surface area contributed by atoms with E-state index in [1.54, 1.807) is 0 Å². The summed E-state index contributed by atoms with van der Waals surface area (Å²) >= 11 is 0. The molecule has 0 aliphatic rings. The fourth-order valence-electron chi connectivity index (χ4n) is 4.82. The molecule has 0 heterocycles. The van der Waals surface area contributed by atoms with E-state index >= 15 is 0 Å². The standard InChI is InChI=1S/C28H20N2/c29-23-16-12-19-11-13-22-27-21(15-14-20(23)24(19)27)25(17-7-3-1-4-8-17)26(28(22)30)18-9-5-2-6-10-18/h1-16H,29-30H2. The molecule has 6 aromatic carbocycles. The van der Waals surface area contributed by atoms with Gasteiger partial charge in [-0.15, -0.1) is 0 Å². The summed E-state index contributed by atoms with van der Waals surface area (Å²) in [6, 6.07) is 33.7. The van der Waals surface area contributed by atoms with Crippen molar-refractivity contribution >= 4 is 43.7 Å². The van der Waals surface area contributed by atoms with Crippen molar-refractivity contribution in [3.8, 4) is 22.3 Å². The Balaban J connectivity index is 1.91. The second-order valence-electron chi connectivity index (χ2n) is 7.80. The lowest BCUT2D eigenvalue weighted by molar-refractivity contribution is 1.61. The molecule has 0 saturated heterocycles. The summed E-state index contributed by atoms with van der Waals surface area (Å²) in [6.45, 7) is 0. The summed E-state index contributed by atoms with van der Waals surface area (Å²) in [5.74, 6) is 0. The van der Waals surface area contributed by atoms with Crippen LogP contribution in [0.15, 0.2) is 97.1 Å². The highest BCUT2D eigenvalue weighted by atomic mass is 14.6. The molecule has 2 nitrogen and oxygen atoms in total. The zero-order valence-electron chi connectivity index (χ0n) is 16.4. The third-order valence-corrected chi connectivity index (χ3v) is 6.15. The molecule has 0 bridgehead atoms. The van der Waals surface area contributed by atoms with Crippen molar-refractivity contribution in [1.29, 1.82) is 0 Å². The SMILES string of the molecule is Nc1ccc2ccc3c(N)c(-c4ccccc4)c(-c4ccccc4)c4ccc1c2c34. The molecule has 6 rings (SSSR count). The maximum absolute atomic E-state index is 6.91. The number of nitrogen functional groups attached to an aromatic ring is 2. The fraction of sp³-hybridized carbons (Fsp3) is 0. The molecule has 6 aromatic rings. The van der Waals surface area contributed by atoms with Crippen molar-refractivity contribution in [3.05, 3.63) is 97.1 Å². The number of hydrogen-bond acceptors (Lipinski definition) is 2. The second kappa shape index (κ2) is 6.23. The van der Waals surface area contributed by atoms with Crippen LogP contribution in [-0.4, -0.2) is 0 Å². The third kappa shape index (κ3) is 2.25. The number of rotatable bonds is 2. The lowest BCUT2D eigenvalue weighted by atomic mass is 9.83. The molecular weight excluding hydrogens is 364 g/mol. The smallest absolute Gasteiger partial charge is 0.0480 e. The van der Waals surface area contributed by atoms with E-state index in [4.69, 9.17) is 11.5 Å². The predicted molar refractivity (Wildman–Crippen MR) is 130 cm³/mol. The number of hydrogen-bond donors (Lipinski definition) is 2. The van der Waals surface area contributed by atoms with E-state index < -0.39 is 0 Å². The molecule has 0 fully saturated rings. The van der Waals surface area contributed by atoms with Gasteiger partial charge in [0.2, 0.25) is 0 Å². The molecule has 0 spiro atoms. The quantitative estimate of drug-likeness (QED) is 0.247. The Morgan fingerprint density at radius 3 is 1.70 bits per heavy atom. The zero-order valence-corrected chi connectivity index (χ0v) is 16.4. The highest BCUT2D eigenvalue weighted by Gasteiger charge is 2.21. The minimum absolute atomic E-state index is 0.795. The fourth-order valence-corrected chi connectivity index (χ4v) is 4.82. The average molecular weight is 384 g/mol. The largest absolute Gasteiger partial charge is 0.398 e. The summed E-state index contributed by atoms with van der Waals surface area (Å²) in [7, 11) is 0.